The van der Waals surface area contributed by atoms with Crippen LogP contribution in [-0.4, -0.2) is 19.9 Å². The van der Waals surface area contributed by atoms with Crippen LogP contribution < -0.4 is 15.8 Å². The third-order valence-corrected chi connectivity index (χ3v) is 3.83. The number of benzene rings is 2. The van der Waals surface area contributed by atoms with E-state index >= 15 is 0 Å². The molecule has 0 saturated carbocycles. The van der Waals surface area contributed by atoms with Crippen molar-refractivity contribution < 1.29 is 14.1 Å². The molecule has 3 aromatic rings. The van der Waals surface area contributed by atoms with Gasteiger partial charge in [0.1, 0.15) is 6.61 Å². The van der Waals surface area contributed by atoms with E-state index in [-0.39, 0.29) is 35.8 Å². The van der Waals surface area contributed by atoms with Crippen molar-refractivity contribution in [2.24, 2.45) is 0 Å². The van der Waals surface area contributed by atoms with Crippen molar-refractivity contribution in [3.8, 4) is 5.75 Å². The van der Waals surface area contributed by atoms with E-state index in [1.807, 2.05) is 31.2 Å². The number of halogens is 1. The summed E-state index contributed by atoms with van der Waals surface area (Å²) in [7, 11) is 0. The van der Waals surface area contributed by atoms with Gasteiger partial charge >= 0.3 is 0 Å². The number of aromatic nitrogens is 3. The number of rotatable bonds is 7. The number of non-ortho nitro benzene ring substituents is 1. The maximum atomic E-state index is 13.9. The first-order valence-electron chi connectivity index (χ1n) is 8.38. The zero-order valence-electron chi connectivity index (χ0n) is 14.9. The van der Waals surface area contributed by atoms with Crippen LogP contribution in [0.15, 0.2) is 42.5 Å². The second-order valence-electron chi connectivity index (χ2n) is 5.73. The Labute approximate surface area is 159 Å². The molecule has 3 N–H and O–H groups in total. The van der Waals surface area contributed by atoms with Gasteiger partial charge in [0.15, 0.2) is 17.4 Å². The molecular formula is C18H17FN6O3. The summed E-state index contributed by atoms with van der Waals surface area (Å²) in [6.07, 6.45) is 0.819. The molecule has 0 saturated heterocycles. The van der Waals surface area contributed by atoms with Gasteiger partial charge in [-0.15, -0.1) is 0 Å². The molecule has 0 spiro atoms. The Hall–Kier alpha value is -3.82. The minimum Gasteiger partial charge on any atom is -0.483 e. The van der Waals surface area contributed by atoms with E-state index in [1.165, 1.54) is 6.07 Å². The van der Waals surface area contributed by atoms with Gasteiger partial charge in [-0.2, -0.15) is 15.0 Å². The molecule has 0 atom stereocenters. The van der Waals surface area contributed by atoms with Gasteiger partial charge in [0.25, 0.3) is 5.69 Å². The third-order valence-electron chi connectivity index (χ3n) is 3.83. The molecule has 0 aliphatic carbocycles. The van der Waals surface area contributed by atoms with Gasteiger partial charge in [-0.25, -0.2) is 4.39 Å². The fraction of sp³-hybridized carbons (Fsp3) is 0.167. The number of hydrogen-bond donors (Lipinski definition) is 2. The molecule has 0 aliphatic rings. The Bertz CT molecular complexity index is 1010. The summed E-state index contributed by atoms with van der Waals surface area (Å²) in [6, 6.07) is 10.8. The van der Waals surface area contributed by atoms with Crippen molar-refractivity contribution in [1.82, 2.24) is 15.0 Å². The molecule has 3 rings (SSSR count). The van der Waals surface area contributed by atoms with Crippen molar-refractivity contribution in [2.45, 2.75) is 20.0 Å². The number of nitrogens with one attached hydrogen (secondary N) is 1. The highest BCUT2D eigenvalue weighted by Gasteiger charge is 2.13. The maximum absolute atomic E-state index is 13.9. The van der Waals surface area contributed by atoms with Crippen LogP contribution in [0.1, 0.15) is 18.3 Å². The predicted molar refractivity (Wildman–Crippen MR) is 101 cm³/mol. The smallest absolute Gasteiger partial charge is 0.272 e. The number of ether oxygens (including phenoxy) is 1. The van der Waals surface area contributed by atoms with Crippen molar-refractivity contribution in [2.75, 3.05) is 11.1 Å². The summed E-state index contributed by atoms with van der Waals surface area (Å²) in [5, 5.41) is 13.8. The monoisotopic (exact) mass is 384 g/mol. The first kappa shape index (κ1) is 19.0. The first-order valence-corrected chi connectivity index (χ1v) is 8.38. The van der Waals surface area contributed by atoms with Gasteiger partial charge in [-0.1, -0.05) is 25.1 Å². The summed E-state index contributed by atoms with van der Waals surface area (Å²) < 4.78 is 19.3. The number of hydrogen-bond acceptors (Lipinski definition) is 8. The van der Waals surface area contributed by atoms with Gasteiger partial charge in [0.2, 0.25) is 11.9 Å². The van der Waals surface area contributed by atoms with Crippen molar-refractivity contribution in [1.29, 1.82) is 0 Å². The van der Waals surface area contributed by atoms with Crippen molar-refractivity contribution in [3.05, 3.63) is 69.8 Å². The largest absolute Gasteiger partial charge is 0.483 e. The fourth-order valence-corrected chi connectivity index (χ4v) is 2.49. The zero-order chi connectivity index (χ0) is 20.1. The standard InChI is InChI=1S/C18H17FN6O3/c1-2-11-5-3-4-6-14(11)21-18-23-16(22-17(20)24-18)10-28-15-8-7-12(25(26)27)9-13(15)19/h3-9H,2,10H2,1H3,(H3,20,21,22,23,24). The lowest BCUT2D eigenvalue weighted by Gasteiger charge is -2.11. The molecule has 0 radical (unpaired) electrons. The zero-order valence-corrected chi connectivity index (χ0v) is 14.9. The van der Waals surface area contributed by atoms with E-state index in [0.717, 1.165) is 29.8 Å². The van der Waals surface area contributed by atoms with Crippen LogP contribution in [0.3, 0.4) is 0 Å². The topological polar surface area (TPSA) is 129 Å². The van der Waals surface area contributed by atoms with Crippen LogP contribution in [0.4, 0.5) is 27.7 Å². The molecular weight excluding hydrogens is 367 g/mol. The Morgan fingerprint density at radius 3 is 2.71 bits per heavy atom. The molecule has 10 heteroatoms. The maximum Gasteiger partial charge on any atom is 0.272 e. The van der Waals surface area contributed by atoms with E-state index in [9.17, 15) is 14.5 Å². The van der Waals surface area contributed by atoms with E-state index in [0.29, 0.717) is 0 Å². The molecule has 28 heavy (non-hydrogen) atoms. The Kier molecular flexibility index (Phi) is 5.58. The predicted octanol–water partition coefficient (Wildman–Crippen LogP) is 3.39. The van der Waals surface area contributed by atoms with Crippen LogP contribution in [0.5, 0.6) is 5.75 Å². The number of nitrogens with zero attached hydrogens (tertiary/aromatic N) is 4. The summed E-state index contributed by atoms with van der Waals surface area (Å²) in [6.45, 7) is 1.84. The van der Waals surface area contributed by atoms with E-state index in [2.05, 4.69) is 20.3 Å². The van der Waals surface area contributed by atoms with Gasteiger partial charge in [0.05, 0.1) is 11.0 Å². The average Bonchev–Trinajstić information content (AvgIpc) is 2.67. The molecule has 0 unspecified atom stereocenters. The lowest BCUT2D eigenvalue weighted by atomic mass is 10.1. The van der Waals surface area contributed by atoms with E-state index < -0.39 is 10.7 Å². The Morgan fingerprint density at radius 2 is 2.00 bits per heavy atom. The van der Waals surface area contributed by atoms with Crippen LogP contribution in [0, 0.1) is 15.9 Å². The fourth-order valence-electron chi connectivity index (χ4n) is 2.49. The van der Waals surface area contributed by atoms with Crippen LogP contribution in [0.2, 0.25) is 0 Å². The Morgan fingerprint density at radius 1 is 1.21 bits per heavy atom. The number of para-hydroxylation sites is 1. The second-order valence-corrected chi connectivity index (χ2v) is 5.73. The SMILES string of the molecule is CCc1ccccc1Nc1nc(N)nc(COc2ccc([N+](=O)[O-])cc2F)n1. The molecule has 0 amide bonds. The van der Waals surface area contributed by atoms with Gasteiger partial charge < -0.3 is 15.8 Å². The number of aryl methyl sites for hydroxylation is 1. The minimum atomic E-state index is -0.855. The minimum absolute atomic E-state index is 0.0192. The summed E-state index contributed by atoms with van der Waals surface area (Å²) >= 11 is 0. The van der Waals surface area contributed by atoms with Crippen LogP contribution in [-0.2, 0) is 13.0 Å². The molecule has 1 heterocycles. The summed E-state index contributed by atoms with van der Waals surface area (Å²) in [5.41, 5.74) is 7.28. The number of nitrogens with two attached hydrogens (primary N) is 1. The summed E-state index contributed by atoms with van der Waals surface area (Å²) in [4.78, 5) is 22.2. The lowest BCUT2D eigenvalue weighted by Crippen LogP contribution is -2.10. The highest BCUT2D eigenvalue weighted by atomic mass is 19.1. The highest BCUT2D eigenvalue weighted by molar-refractivity contribution is 5.58. The lowest BCUT2D eigenvalue weighted by molar-refractivity contribution is -0.385. The highest BCUT2D eigenvalue weighted by Crippen LogP contribution is 2.23. The summed E-state index contributed by atoms with van der Waals surface area (Å²) in [5.74, 6) is -0.617. The average molecular weight is 384 g/mol. The number of nitro groups is 1. The quantitative estimate of drug-likeness (QED) is 0.468. The second kappa shape index (κ2) is 8.25. The normalized spacial score (nSPS) is 10.5. The number of nitro benzene ring substituents is 1. The first-order chi connectivity index (χ1) is 13.5. The van der Waals surface area contributed by atoms with Crippen LogP contribution >= 0.6 is 0 Å². The Balaban J connectivity index is 1.76. The molecule has 2 aromatic carbocycles. The van der Waals surface area contributed by atoms with E-state index in [4.69, 9.17) is 10.5 Å². The third kappa shape index (κ3) is 4.47. The van der Waals surface area contributed by atoms with Gasteiger partial charge in [-0.05, 0) is 24.1 Å². The number of nitrogen functional groups attached to an aromatic ring is 1. The molecule has 144 valence electrons. The molecule has 1 aromatic heterocycles. The van der Waals surface area contributed by atoms with Gasteiger partial charge in [-0.3, -0.25) is 10.1 Å². The molecule has 0 fully saturated rings. The van der Waals surface area contributed by atoms with Crippen molar-refractivity contribution in [3.63, 3.8) is 0 Å². The van der Waals surface area contributed by atoms with Crippen LogP contribution in [0.25, 0.3) is 0 Å². The molecule has 0 bridgehead atoms. The van der Waals surface area contributed by atoms with Crippen molar-refractivity contribution >= 4 is 23.3 Å². The van der Waals surface area contributed by atoms with E-state index in [1.54, 1.807) is 0 Å². The molecule has 9 nitrogen and oxygen atoms in total. The van der Waals surface area contributed by atoms with Gasteiger partial charge in [0, 0.05) is 11.8 Å². The molecule has 0 aliphatic heterocycles. The number of anilines is 3.